The summed E-state index contributed by atoms with van der Waals surface area (Å²) in [6.45, 7) is 0.231. The zero-order chi connectivity index (χ0) is 26.9. The quantitative estimate of drug-likeness (QED) is 0.273. The normalized spacial score (nSPS) is 11.5. The van der Waals surface area contributed by atoms with Crippen molar-refractivity contribution in [3.05, 3.63) is 83.6 Å². The van der Waals surface area contributed by atoms with Gasteiger partial charge in [-0.1, -0.05) is 12.1 Å². The molecule has 8 nitrogen and oxygen atoms in total. The number of nitrogens with one attached hydrogen (secondary N) is 2. The maximum Gasteiger partial charge on any atom is 0.416 e. The summed E-state index contributed by atoms with van der Waals surface area (Å²) in [7, 11) is 3.11. The number of nitrogens with zero attached hydrogens (tertiary/aromatic N) is 2. The second kappa shape index (κ2) is 9.92. The Morgan fingerprint density at radius 3 is 2.50 bits per heavy atom. The minimum absolute atomic E-state index is 0.125. The van der Waals surface area contributed by atoms with Crippen LogP contribution < -0.4 is 19.5 Å². The number of methoxy groups -OCH3 is 2. The van der Waals surface area contributed by atoms with Crippen LogP contribution in [0.3, 0.4) is 0 Å². The number of benzene rings is 3. The number of pyridine rings is 1. The highest BCUT2D eigenvalue weighted by molar-refractivity contribution is 6.08. The molecule has 0 radical (unpaired) electrons. The van der Waals surface area contributed by atoms with E-state index in [-0.39, 0.29) is 18.0 Å². The van der Waals surface area contributed by atoms with Gasteiger partial charge in [-0.2, -0.15) is 18.3 Å². The molecule has 0 saturated heterocycles. The third kappa shape index (κ3) is 4.90. The topological polar surface area (TPSA) is 98.4 Å². The zero-order valence-electron chi connectivity index (χ0n) is 20.2. The van der Waals surface area contributed by atoms with Gasteiger partial charge in [-0.15, -0.1) is 0 Å². The standard InChI is InChI=1S/C27H21F3N4O4/c1-36-23-12-19-20(13-24(23)37-2)31-9-8-22(19)38-14-15-6-7-18-21(10-15)33-34-25(18)32-26(35)16-4-3-5-17(11-16)27(28,29)30/h3-13H,14H2,1-2H3,(H2,32,33,34,35). The Hall–Kier alpha value is -4.80. The van der Waals surface area contributed by atoms with Crippen LogP contribution in [0.4, 0.5) is 19.0 Å². The lowest BCUT2D eigenvalue weighted by molar-refractivity contribution is -0.137. The molecule has 0 aliphatic heterocycles. The van der Waals surface area contributed by atoms with E-state index >= 15 is 0 Å². The highest BCUT2D eigenvalue weighted by atomic mass is 19.4. The van der Waals surface area contributed by atoms with E-state index in [0.29, 0.717) is 33.7 Å². The van der Waals surface area contributed by atoms with E-state index in [0.717, 1.165) is 23.1 Å². The second-order valence-electron chi connectivity index (χ2n) is 8.31. The molecule has 0 fully saturated rings. The van der Waals surface area contributed by atoms with Crippen molar-refractivity contribution in [3.63, 3.8) is 0 Å². The average Bonchev–Trinajstić information content (AvgIpc) is 3.32. The summed E-state index contributed by atoms with van der Waals surface area (Å²) in [5.41, 5.74) is 1.10. The number of hydrogen-bond donors (Lipinski definition) is 2. The number of rotatable bonds is 7. The molecule has 1 amide bonds. The van der Waals surface area contributed by atoms with Crippen LogP contribution >= 0.6 is 0 Å². The fourth-order valence-electron chi connectivity index (χ4n) is 4.00. The third-order valence-corrected chi connectivity index (χ3v) is 5.91. The Balaban J connectivity index is 1.33. The SMILES string of the molecule is COc1cc2nccc(OCc3ccc4c(NC(=O)c5cccc(C(F)(F)F)c5)n[nH]c4c3)c2cc1OC. The van der Waals surface area contributed by atoms with Gasteiger partial charge in [0.25, 0.3) is 5.91 Å². The Bertz CT molecular complexity index is 1650. The molecule has 2 aromatic heterocycles. The first-order valence-electron chi connectivity index (χ1n) is 11.4. The molecule has 11 heteroatoms. The van der Waals surface area contributed by atoms with Gasteiger partial charge in [-0.25, -0.2) is 0 Å². The number of anilines is 1. The number of hydrogen-bond acceptors (Lipinski definition) is 6. The Morgan fingerprint density at radius 2 is 1.74 bits per heavy atom. The van der Waals surface area contributed by atoms with Crippen LogP contribution in [0.5, 0.6) is 17.2 Å². The van der Waals surface area contributed by atoms with E-state index in [9.17, 15) is 18.0 Å². The van der Waals surface area contributed by atoms with Crippen LogP contribution in [0.2, 0.25) is 0 Å². The van der Waals surface area contributed by atoms with Gasteiger partial charge in [0, 0.05) is 28.6 Å². The fraction of sp³-hybridized carbons (Fsp3) is 0.148. The number of halogens is 3. The van der Waals surface area contributed by atoms with Gasteiger partial charge in [0.2, 0.25) is 0 Å². The van der Waals surface area contributed by atoms with Gasteiger partial charge in [0.1, 0.15) is 12.4 Å². The van der Waals surface area contributed by atoms with Gasteiger partial charge < -0.3 is 19.5 Å². The monoisotopic (exact) mass is 522 g/mol. The number of alkyl halides is 3. The summed E-state index contributed by atoms with van der Waals surface area (Å²) in [5.74, 6) is 1.22. The van der Waals surface area contributed by atoms with E-state index in [1.54, 1.807) is 44.7 Å². The molecule has 0 aliphatic rings. The van der Waals surface area contributed by atoms with Crippen molar-refractivity contribution in [2.24, 2.45) is 0 Å². The molecule has 2 heterocycles. The van der Waals surface area contributed by atoms with Crippen molar-refractivity contribution in [2.75, 3.05) is 19.5 Å². The number of H-pyrrole nitrogens is 1. The number of amides is 1. The Kier molecular flexibility index (Phi) is 6.50. The van der Waals surface area contributed by atoms with Gasteiger partial charge in [0.15, 0.2) is 17.3 Å². The van der Waals surface area contributed by atoms with Crippen molar-refractivity contribution in [2.45, 2.75) is 12.8 Å². The molecule has 3 aromatic carbocycles. The molecular formula is C27H21F3N4O4. The van der Waals surface area contributed by atoms with Crippen LogP contribution in [0.25, 0.3) is 21.8 Å². The maximum absolute atomic E-state index is 13.0. The molecule has 0 spiro atoms. The molecule has 194 valence electrons. The number of carbonyl (C=O) groups excluding carboxylic acids is 1. The molecule has 0 aliphatic carbocycles. The highest BCUT2D eigenvalue weighted by Crippen LogP contribution is 2.36. The van der Waals surface area contributed by atoms with Crippen molar-refractivity contribution in [3.8, 4) is 17.2 Å². The van der Waals surface area contributed by atoms with Crippen molar-refractivity contribution < 1.29 is 32.2 Å². The number of carbonyl (C=O) groups is 1. The third-order valence-electron chi connectivity index (χ3n) is 5.91. The largest absolute Gasteiger partial charge is 0.493 e. The number of aromatic amines is 1. The summed E-state index contributed by atoms with van der Waals surface area (Å²) >= 11 is 0. The maximum atomic E-state index is 13.0. The van der Waals surface area contributed by atoms with E-state index in [4.69, 9.17) is 14.2 Å². The van der Waals surface area contributed by atoms with Gasteiger partial charge in [0.05, 0.1) is 30.8 Å². The van der Waals surface area contributed by atoms with E-state index in [1.807, 2.05) is 12.1 Å². The molecule has 5 aromatic rings. The van der Waals surface area contributed by atoms with E-state index in [1.165, 1.54) is 12.1 Å². The molecule has 0 unspecified atom stereocenters. The Labute approximate surface area is 214 Å². The van der Waals surface area contributed by atoms with Crippen molar-refractivity contribution >= 4 is 33.5 Å². The van der Waals surface area contributed by atoms with Crippen LogP contribution in [0.15, 0.2) is 66.9 Å². The predicted octanol–water partition coefficient (Wildman–Crippen LogP) is 5.98. The first kappa shape index (κ1) is 24.9. The lowest BCUT2D eigenvalue weighted by Crippen LogP contribution is -2.14. The van der Waals surface area contributed by atoms with E-state index in [2.05, 4.69) is 20.5 Å². The molecule has 2 N–H and O–H groups in total. The molecule has 38 heavy (non-hydrogen) atoms. The van der Waals surface area contributed by atoms with Crippen LogP contribution in [-0.4, -0.2) is 35.3 Å². The first-order chi connectivity index (χ1) is 18.3. The predicted molar refractivity (Wildman–Crippen MR) is 135 cm³/mol. The van der Waals surface area contributed by atoms with Gasteiger partial charge in [-0.3, -0.25) is 14.9 Å². The lowest BCUT2D eigenvalue weighted by Gasteiger charge is -2.12. The molecule has 0 saturated carbocycles. The summed E-state index contributed by atoms with van der Waals surface area (Å²) in [4.78, 5) is 16.9. The lowest BCUT2D eigenvalue weighted by atomic mass is 10.1. The van der Waals surface area contributed by atoms with Crippen molar-refractivity contribution in [1.29, 1.82) is 0 Å². The summed E-state index contributed by atoms with van der Waals surface area (Å²) in [6.07, 6.45) is -2.91. The zero-order valence-corrected chi connectivity index (χ0v) is 20.2. The molecular weight excluding hydrogens is 501 g/mol. The van der Waals surface area contributed by atoms with Crippen molar-refractivity contribution in [1.82, 2.24) is 15.2 Å². The average molecular weight is 522 g/mol. The summed E-state index contributed by atoms with van der Waals surface area (Å²) in [6, 6.07) is 14.9. The smallest absolute Gasteiger partial charge is 0.416 e. The molecule has 5 rings (SSSR count). The fourth-order valence-corrected chi connectivity index (χ4v) is 4.00. The Morgan fingerprint density at radius 1 is 0.947 bits per heavy atom. The summed E-state index contributed by atoms with van der Waals surface area (Å²) < 4.78 is 55.8. The minimum atomic E-state index is -4.55. The van der Waals surface area contributed by atoms with Gasteiger partial charge >= 0.3 is 6.18 Å². The molecule has 0 atom stereocenters. The summed E-state index contributed by atoms with van der Waals surface area (Å²) in [5, 5.41) is 10.9. The first-order valence-corrected chi connectivity index (χ1v) is 11.4. The van der Waals surface area contributed by atoms with Gasteiger partial charge in [-0.05, 0) is 48.0 Å². The number of ether oxygens (including phenoxy) is 3. The minimum Gasteiger partial charge on any atom is -0.493 e. The van der Waals surface area contributed by atoms with Crippen LogP contribution in [-0.2, 0) is 12.8 Å². The second-order valence-corrected chi connectivity index (χ2v) is 8.31. The van der Waals surface area contributed by atoms with Crippen LogP contribution in [0, 0.1) is 0 Å². The molecule has 0 bridgehead atoms. The highest BCUT2D eigenvalue weighted by Gasteiger charge is 2.31. The number of fused-ring (bicyclic) bond motifs is 2. The van der Waals surface area contributed by atoms with Crippen LogP contribution in [0.1, 0.15) is 21.5 Å². The number of aromatic nitrogens is 3. The van der Waals surface area contributed by atoms with E-state index < -0.39 is 17.6 Å².